The Kier molecular flexibility index (Phi) is 6.01. The van der Waals surface area contributed by atoms with Gasteiger partial charge in [-0.05, 0) is 30.7 Å². The van der Waals surface area contributed by atoms with Crippen LogP contribution in [0.15, 0.2) is 90.0 Å². The van der Waals surface area contributed by atoms with Gasteiger partial charge in [-0.25, -0.2) is 0 Å². The van der Waals surface area contributed by atoms with E-state index in [0.29, 0.717) is 12.1 Å². The van der Waals surface area contributed by atoms with Gasteiger partial charge in [-0.1, -0.05) is 66.2 Å². The molecule has 4 aromatic rings. The highest BCUT2D eigenvalue weighted by Crippen LogP contribution is 2.32. The number of aryl methyl sites for hydroxylation is 1. The van der Waals surface area contributed by atoms with Crippen LogP contribution in [0.1, 0.15) is 21.5 Å². The second-order valence-corrected chi connectivity index (χ2v) is 8.12. The van der Waals surface area contributed by atoms with Crippen LogP contribution >= 0.6 is 11.8 Å². The Hall–Kier alpha value is -2.98. The van der Waals surface area contributed by atoms with E-state index in [-0.39, 0.29) is 5.91 Å². The number of para-hydroxylation sites is 1. The standard InChI is InChI=1S/C25H24N2OS/c1-19-11-13-21(14-12-19)25(28)26-15-16-27-17-24(22-9-5-6-10-23(22)27)29-18-20-7-3-2-4-8-20/h2-14,17H,15-16,18H2,1H3,(H,26,28). The van der Waals surface area contributed by atoms with E-state index in [2.05, 4.69) is 64.6 Å². The predicted molar refractivity (Wildman–Crippen MR) is 121 cm³/mol. The Labute approximate surface area is 175 Å². The first-order valence-electron chi connectivity index (χ1n) is 9.80. The molecule has 4 rings (SSSR count). The van der Waals surface area contributed by atoms with Gasteiger partial charge in [-0.3, -0.25) is 4.79 Å². The van der Waals surface area contributed by atoms with Crippen LogP contribution in [0.25, 0.3) is 10.9 Å². The smallest absolute Gasteiger partial charge is 0.251 e. The van der Waals surface area contributed by atoms with E-state index in [1.165, 1.54) is 21.4 Å². The number of hydrogen-bond donors (Lipinski definition) is 1. The topological polar surface area (TPSA) is 34.0 Å². The van der Waals surface area contributed by atoms with Gasteiger partial charge in [0, 0.05) is 46.4 Å². The first kappa shape index (κ1) is 19.3. The molecule has 146 valence electrons. The summed E-state index contributed by atoms with van der Waals surface area (Å²) in [5.41, 5.74) is 4.38. The van der Waals surface area contributed by atoms with E-state index in [0.717, 1.165) is 17.9 Å². The van der Waals surface area contributed by atoms with Gasteiger partial charge < -0.3 is 9.88 Å². The molecule has 0 radical (unpaired) electrons. The van der Waals surface area contributed by atoms with Gasteiger partial charge in [0.25, 0.3) is 5.91 Å². The van der Waals surface area contributed by atoms with Crippen molar-refractivity contribution in [3.8, 4) is 0 Å². The first-order chi connectivity index (χ1) is 14.2. The van der Waals surface area contributed by atoms with Crippen molar-refractivity contribution in [2.75, 3.05) is 6.54 Å². The number of nitrogens with one attached hydrogen (secondary N) is 1. The fourth-order valence-electron chi connectivity index (χ4n) is 3.35. The van der Waals surface area contributed by atoms with Gasteiger partial charge in [0.2, 0.25) is 0 Å². The van der Waals surface area contributed by atoms with Gasteiger partial charge in [-0.2, -0.15) is 0 Å². The van der Waals surface area contributed by atoms with E-state index in [1.54, 1.807) is 0 Å². The van der Waals surface area contributed by atoms with Crippen LogP contribution in [0.5, 0.6) is 0 Å². The van der Waals surface area contributed by atoms with Crippen LogP contribution in [-0.2, 0) is 12.3 Å². The Morgan fingerprint density at radius 3 is 2.45 bits per heavy atom. The SMILES string of the molecule is Cc1ccc(C(=O)NCCn2cc(SCc3ccccc3)c3ccccc32)cc1. The molecule has 0 aliphatic carbocycles. The van der Waals surface area contributed by atoms with Crippen molar-refractivity contribution in [2.45, 2.75) is 24.1 Å². The number of fused-ring (bicyclic) bond motifs is 1. The van der Waals surface area contributed by atoms with Gasteiger partial charge in [0.15, 0.2) is 0 Å². The molecular weight excluding hydrogens is 376 g/mol. The normalized spacial score (nSPS) is 10.9. The average molecular weight is 401 g/mol. The van der Waals surface area contributed by atoms with Crippen LogP contribution in [-0.4, -0.2) is 17.0 Å². The molecular formula is C25H24N2OS. The number of carbonyl (C=O) groups is 1. The summed E-state index contributed by atoms with van der Waals surface area (Å²) in [4.78, 5) is 13.6. The highest BCUT2D eigenvalue weighted by molar-refractivity contribution is 7.98. The van der Waals surface area contributed by atoms with Crippen molar-refractivity contribution in [1.82, 2.24) is 9.88 Å². The summed E-state index contributed by atoms with van der Waals surface area (Å²) in [6, 6.07) is 26.6. The molecule has 0 aliphatic heterocycles. The minimum Gasteiger partial charge on any atom is -0.350 e. The largest absolute Gasteiger partial charge is 0.350 e. The zero-order valence-electron chi connectivity index (χ0n) is 16.5. The zero-order chi connectivity index (χ0) is 20.1. The van der Waals surface area contributed by atoms with Crippen LogP contribution in [0.4, 0.5) is 0 Å². The lowest BCUT2D eigenvalue weighted by Gasteiger charge is -2.08. The monoisotopic (exact) mass is 400 g/mol. The van der Waals surface area contributed by atoms with Crippen molar-refractivity contribution in [1.29, 1.82) is 0 Å². The minimum absolute atomic E-state index is 0.0277. The molecule has 1 heterocycles. The fourth-order valence-corrected chi connectivity index (χ4v) is 4.39. The molecule has 4 heteroatoms. The van der Waals surface area contributed by atoms with Crippen LogP contribution in [0, 0.1) is 6.92 Å². The molecule has 0 saturated carbocycles. The van der Waals surface area contributed by atoms with Gasteiger partial charge in [-0.15, -0.1) is 11.8 Å². The van der Waals surface area contributed by atoms with Crippen molar-refractivity contribution < 1.29 is 4.79 Å². The molecule has 29 heavy (non-hydrogen) atoms. The number of hydrogen-bond acceptors (Lipinski definition) is 2. The summed E-state index contributed by atoms with van der Waals surface area (Å²) in [7, 11) is 0. The Morgan fingerprint density at radius 2 is 1.66 bits per heavy atom. The van der Waals surface area contributed by atoms with Crippen LogP contribution < -0.4 is 5.32 Å². The summed E-state index contributed by atoms with van der Waals surface area (Å²) in [6.45, 7) is 3.35. The molecule has 3 nitrogen and oxygen atoms in total. The molecule has 0 fully saturated rings. The lowest BCUT2D eigenvalue weighted by molar-refractivity contribution is 0.0952. The number of amides is 1. The van der Waals surface area contributed by atoms with E-state index >= 15 is 0 Å². The minimum atomic E-state index is -0.0277. The number of aromatic nitrogens is 1. The van der Waals surface area contributed by atoms with Crippen LogP contribution in [0.3, 0.4) is 0 Å². The van der Waals surface area contributed by atoms with Gasteiger partial charge in [0.05, 0.1) is 0 Å². The molecule has 3 aromatic carbocycles. The lowest BCUT2D eigenvalue weighted by Crippen LogP contribution is -2.27. The highest BCUT2D eigenvalue weighted by Gasteiger charge is 2.10. The number of carbonyl (C=O) groups excluding carboxylic acids is 1. The number of benzene rings is 3. The summed E-state index contributed by atoms with van der Waals surface area (Å²) >= 11 is 1.85. The molecule has 0 bridgehead atoms. The van der Waals surface area contributed by atoms with E-state index < -0.39 is 0 Å². The van der Waals surface area contributed by atoms with Crippen molar-refractivity contribution in [3.05, 3.63) is 102 Å². The summed E-state index contributed by atoms with van der Waals surface area (Å²) < 4.78 is 2.23. The molecule has 0 spiro atoms. The molecule has 0 aliphatic rings. The molecule has 1 aromatic heterocycles. The zero-order valence-corrected chi connectivity index (χ0v) is 17.3. The van der Waals surface area contributed by atoms with E-state index in [1.807, 2.05) is 49.0 Å². The highest BCUT2D eigenvalue weighted by atomic mass is 32.2. The average Bonchev–Trinajstić information content (AvgIpc) is 3.11. The maximum absolute atomic E-state index is 12.3. The molecule has 0 saturated heterocycles. The second-order valence-electron chi connectivity index (χ2n) is 7.10. The second kappa shape index (κ2) is 9.01. The Balaban J connectivity index is 1.43. The first-order valence-corrected chi connectivity index (χ1v) is 10.8. The van der Waals surface area contributed by atoms with Crippen LogP contribution in [0.2, 0.25) is 0 Å². The number of nitrogens with zero attached hydrogens (tertiary/aromatic N) is 1. The van der Waals surface area contributed by atoms with Gasteiger partial charge >= 0.3 is 0 Å². The van der Waals surface area contributed by atoms with Gasteiger partial charge in [0.1, 0.15) is 0 Å². The van der Waals surface area contributed by atoms with Crippen molar-refractivity contribution in [3.63, 3.8) is 0 Å². The number of thioether (sulfide) groups is 1. The molecule has 1 amide bonds. The number of rotatable bonds is 7. The fraction of sp³-hybridized carbons (Fsp3) is 0.160. The third-order valence-corrected chi connectivity index (χ3v) is 6.06. The lowest BCUT2D eigenvalue weighted by atomic mass is 10.1. The molecule has 0 unspecified atom stereocenters. The Bertz CT molecular complexity index is 1100. The van der Waals surface area contributed by atoms with E-state index in [9.17, 15) is 4.79 Å². The van der Waals surface area contributed by atoms with Crippen molar-refractivity contribution in [2.24, 2.45) is 0 Å². The summed E-state index contributed by atoms with van der Waals surface area (Å²) in [5.74, 6) is 0.916. The quantitative estimate of drug-likeness (QED) is 0.405. The third-order valence-electron chi connectivity index (χ3n) is 4.94. The van der Waals surface area contributed by atoms with E-state index in [4.69, 9.17) is 0 Å². The maximum atomic E-state index is 12.3. The predicted octanol–water partition coefficient (Wildman–Crippen LogP) is 5.67. The summed E-state index contributed by atoms with van der Waals surface area (Å²) in [6.07, 6.45) is 2.20. The molecule has 0 atom stereocenters. The third kappa shape index (κ3) is 4.72. The summed E-state index contributed by atoms with van der Waals surface area (Å²) in [5, 5.41) is 4.29. The maximum Gasteiger partial charge on any atom is 0.251 e. The Morgan fingerprint density at radius 1 is 0.931 bits per heavy atom. The molecule has 1 N–H and O–H groups in total. The van der Waals surface area contributed by atoms with Crippen molar-refractivity contribution >= 4 is 28.6 Å².